The molecule has 1 fully saturated rings. The van der Waals surface area contributed by atoms with Crippen molar-refractivity contribution in [3.63, 3.8) is 0 Å². The number of nitrogens with one attached hydrogen (secondary N) is 2. The zero-order valence-electron chi connectivity index (χ0n) is 14.6. The normalized spacial score (nSPS) is 26.3. The summed E-state index contributed by atoms with van der Waals surface area (Å²) in [6.07, 6.45) is -0.644. The second-order valence-electron chi connectivity index (χ2n) is 7.17. The molecule has 25 heavy (non-hydrogen) atoms. The fraction of sp³-hybridized carbons (Fsp3) is 0.562. The molecule has 0 radical (unpaired) electrons. The highest BCUT2D eigenvalue weighted by Crippen LogP contribution is 2.44. The zero-order valence-corrected chi connectivity index (χ0v) is 16.1. The van der Waals surface area contributed by atoms with Gasteiger partial charge in [-0.15, -0.1) is 11.3 Å². The van der Waals surface area contributed by atoms with Gasteiger partial charge in [0.25, 0.3) is 0 Å². The van der Waals surface area contributed by atoms with E-state index in [2.05, 4.69) is 10.6 Å². The van der Waals surface area contributed by atoms with Crippen molar-refractivity contribution in [2.75, 3.05) is 20.1 Å². The summed E-state index contributed by atoms with van der Waals surface area (Å²) in [6.45, 7) is 6.36. The first kappa shape index (κ1) is 18.2. The highest BCUT2D eigenvalue weighted by atomic mass is 35.5. The van der Waals surface area contributed by atoms with Gasteiger partial charge in [0.2, 0.25) is 11.9 Å². The predicted octanol–water partition coefficient (Wildman–Crippen LogP) is 2.17. The SMILES string of the molecule is CN1C(=O)[C@@H]2CNC[C@]2(c2ccc(Cl)s2)N=C1NC(=O)OC(C)(C)C. The molecule has 2 aliphatic heterocycles. The maximum atomic E-state index is 12.9. The molecule has 9 heteroatoms. The van der Waals surface area contributed by atoms with Gasteiger partial charge in [0.15, 0.2) is 0 Å². The Balaban J connectivity index is 1.97. The number of carbonyl (C=O) groups excluding carboxylic acids is 2. The lowest BCUT2D eigenvalue weighted by Gasteiger charge is -2.38. The summed E-state index contributed by atoms with van der Waals surface area (Å²) in [4.78, 5) is 32.0. The largest absolute Gasteiger partial charge is 0.444 e. The molecule has 1 saturated heterocycles. The van der Waals surface area contributed by atoms with Crippen LogP contribution in [-0.2, 0) is 15.1 Å². The Labute approximate surface area is 155 Å². The number of nitrogens with zero attached hydrogens (tertiary/aromatic N) is 2. The fourth-order valence-electron chi connectivity index (χ4n) is 3.08. The van der Waals surface area contributed by atoms with E-state index in [0.29, 0.717) is 17.4 Å². The lowest BCUT2D eigenvalue weighted by Crippen LogP contribution is -2.56. The van der Waals surface area contributed by atoms with Gasteiger partial charge < -0.3 is 10.1 Å². The molecule has 0 aromatic carbocycles. The van der Waals surface area contributed by atoms with Crippen molar-refractivity contribution in [1.82, 2.24) is 15.5 Å². The Morgan fingerprint density at radius 3 is 2.84 bits per heavy atom. The maximum Gasteiger partial charge on any atom is 0.414 e. The molecule has 1 aromatic heterocycles. The van der Waals surface area contributed by atoms with Crippen LogP contribution >= 0.6 is 22.9 Å². The lowest BCUT2D eigenvalue weighted by molar-refractivity contribution is -0.132. The summed E-state index contributed by atoms with van der Waals surface area (Å²) >= 11 is 7.49. The van der Waals surface area contributed by atoms with Crippen LogP contribution < -0.4 is 10.6 Å². The summed E-state index contributed by atoms with van der Waals surface area (Å²) < 4.78 is 5.91. The van der Waals surface area contributed by atoms with Crippen LogP contribution in [-0.4, -0.2) is 48.6 Å². The van der Waals surface area contributed by atoms with Crippen molar-refractivity contribution in [3.05, 3.63) is 21.3 Å². The van der Waals surface area contributed by atoms with E-state index in [9.17, 15) is 9.59 Å². The third kappa shape index (κ3) is 3.38. The van der Waals surface area contributed by atoms with Gasteiger partial charge in [-0.3, -0.25) is 15.0 Å². The number of alkyl carbamates (subject to hydrolysis) is 1. The molecule has 2 N–H and O–H groups in total. The van der Waals surface area contributed by atoms with E-state index in [-0.39, 0.29) is 17.8 Å². The number of fused-ring (bicyclic) bond motifs is 1. The van der Waals surface area contributed by atoms with Gasteiger partial charge in [0.05, 0.1) is 10.3 Å². The smallest absolute Gasteiger partial charge is 0.414 e. The van der Waals surface area contributed by atoms with E-state index >= 15 is 0 Å². The number of hydrogen-bond donors (Lipinski definition) is 2. The molecule has 136 valence electrons. The molecular weight excluding hydrogens is 364 g/mol. The average Bonchev–Trinajstić information content (AvgIpc) is 3.09. The van der Waals surface area contributed by atoms with E-state index in [1.807, 2.05) is 6.07 Å². The first-order chi connectivity index (χ1) is 11.6. The van der Waals surface area contributed by atoms with Gasteiger partial charge in [0, 0.05) is 25.0 Å². The van der Waals surface area contributed by atoms with Gasteiger partial charge in [-0.2, -0.15) is 0 Å². The van der Waals surface area contributed by atoms with Gasteiger partial charge in [-0.25, -0.2) is 9.79 Å². The van der Waals surface area contributed by atoms with Crippen molar-refractivity contribution in [1.29, 1.82) is 0 Å². The van der Waals surface area contributed by atoms with Crippen molar-refractivity contribution < 1.29 is 14.3 Å². The van der Waals surface area contributed by atoms with Crippen LogP contribution in [0.3, 0.4) is 0 Å². The molecule has 7 nitrogen and oxygen atoms in total. The van der Waals surface area contributed by atoms with Crippen LogP contribution in [0.1, 0.15) is 25.6 Å². The number of hydrogen-bond acceptors (Lipinski definition) is 6. The van der Waals surface area contributed by atoms with Crippen molar-refractivity contribution in [2.45, 2.75) is 31.9 Å². The lowest BCUT2D eigenvalue weighted by atomic mass is 9.84. The minimum atomic E-state index is -0.758. The van der Waals surface area contributed by atoms with E-state index < -0.39 is 17.2 Å². The van der Waals surface area contributed by atoms with E-state index in [0.717, 1.165) is 4.88 Å². The Kier molecular flexibility index (Phi) is 4.55. The van der Waals surface area contributed by atoms with E-state index in [1.165, 1.54) is 16.2 Å². The summed E-state index contributed by atoms with van der Waals surface area (Å²) in [5, 5.41) is 5.85. The molecule has 0 spiro atoms. The van der Waals surface area contributed by atoms with Crippen LogP contribution in [0.2, 0.25) is 4.34 Å². The highest BCUT2D eigenvalue weighted by molar-refractivity contribution is 7.16. The first-order valence-corrected chi connectivity index (χ1v) is 9.16. The van der Waals surface area contributed by atoms with Crippen molar-refractivity contribution in [3.8, 4) is 0 Å². The minimum absolute atomic E-state index is 0.101. The first-order valence-electron chi connectivity index (χ1n) is 7.96. The van der Waals surface area contributed by atoms with Gasteiger partial charge in [-0.05, 0) is 32.9 Å². The Morgan fingerprint density at radius 2 is 2.24 bits per heavy atom. The molecule has 2 amide bonds. The number of rotatable bonds is 1. The number of ether oxygens (including phenoxy) is 1. The molecule has 0 unspecified atom stereocenters. The Morgan fingerprint density at radius 1 is 1.52 bits per heavy atom. The number of carbonyl (C=O) groups is 2. The summed E-state index contributed by atoms with van der Waals surface area (Å²) in [5.74, 6) is -0.254. The third-order valence-corrected chi connectivity index (χ3v) is 5.58. The zero-order chi connectivity index (χ0) is 18.4. The quantitative estimate of drug-likeness (QED) is 0.777. The second kappa shape index (κ2) is 6.26. The molecule has 3 heterocycles. The molecule has 2 aliphatic rings. The van der Waals surface area contributed by atoms with Gasteiger partial charge >= 0.3 is 6.09 Å². The molecule has 1 aromatic rings. The molecule has 3 rings (SSSR count). The number of thiophene rings is 1. The summed E-state index contributed by atoms with van der Waals surface area (Å²) in [6, 6.07) is 3.69. The summed E-state index contributed by atoms with van der Waals surface area (Å²) in [7, 11) is 1.60. The number of guanidine groups is 1. The predicted molar refractivity (Wildman–Crippen MR) is 96.9 cm³/mol. The molecule has 0 aliphatic carbocycles. The highest BCUT2D eigenvalue weighted by Gasteiger charge is 2.54. The average molecular weight is 385 g/mol. The second-order valence-corrected chi connectivity index (χ2v) is 8.89. The minimum Gasteiger partial charge on any atom is -0.444 e. The van der Waals surface area contributed by atoms with Crippen molar-refractivity contribution >= 4 is 40.9 Å². The van der Waals surface area contributed by atoms with Gasteiger partial charge in [0.1, 0.15) is 11.1 Å². The Bertz CT molecular complexity index is 742. The van der Waals surface area contributed by atoms with Crippen LogP contribution in [0, 0.1) is 5.92 Å². The topological polar surface area (TPSA) is 83.0 Å². The number of aliphatic imine (C=N–C) groups is 1. The van der Waals surface area contributed by atoms with Crippen LogP contribution in [0.5, 0.6) is 0 Å². The summed E-state index contributed by atoms with van der Waals surface area (Å²) in [5.41, 5.74) is -1.40. The molecule has 0 bridgehead atoms. The standard InChI is InChI=1S/C16H21ClN4O3S/c1-15(2,3)24-14(23)19-13-20-16(10-5-6-11(17)25-10)8-18-7-9(16)12(22)21(13)4/h5-6,9,18H,7-8H2,1-4H3,(H,19,20,23)/t9-,16-/m0/s1. The van der Waals surface area contributed by atoms with Crippen LogP contribution in [0.4, 0.5) is 4.79 Å². The van der Waals surface area contributed by atoms with Crippen molar-refractivity contribution in [2.24, 2.45) is 10.9 Å². The van der Waals surface area contributed by atoms with Crippen LogP contribution in [0.25, 0.3) is 0 Å². The maximum absolute atomic E-state index is 12.9. The van der Waals surface area contributed by atoms with Gasteiger partial charge in [-0.1, -0.05) is 11.6 Å². The van der Waals surface area contributed by atoms with Crippen LogP contribution in [0.15, 0.2) is 17.1 Å². The monoisotopic (exact) mass is 384 g/mol. The van der Waals surface area contributed by atoms with E-state index in [4.69, 9.17) is 21.3 Å². The number of amides is 2. The Hall–Kier alpha value is -1.64. The fourth-order valence-corrected chi connectivity index (χ4v) is 4.31. The number of halogens is 1. The third-order valence-electron chi connectivity index (χ3n) is 4.18. The van der Waals surface area contributed by atoms with E-state index in [1.54, 1.807) is 33.9 Å². The molecule has 2 atom stereocenters. The molecular formula is C16H21ClN4O3S. The molecule has 0 saturated carbocycles.